The van der Waals surface area contributed by atoms with E-state index in [0.29, 0.717) is 17.3 Å². The zero-order valence-corrected chi connectivity index (χ0v) is 17.6. The minimum absolute atomic E-state index is 0.156. The van der Waals surface area contributed by atoms with Crippen LogP contribution in [0.4, 0.5) is 11.4 Å². The molecule has 0 aliphatic carbocycles. The summed E-state index contributed by atoms with van der Waals surface area (Å²) in [5.41, 5.74) is 0.888. The number of nitrogens with zero attached hydrogens (tertiary/aromatic N) is 3. The maximum atomic E-state index is 12.2. The van der Waals surface area contributed by atoms with Crippen molar-refractivity contribution >= 4 is 44.8 Å². The van der Waals surface area contributed by atoms with Crippen molar-refractivity contribution in [2.75, 3.05) is 5.32 Å². The predicted octanol–water partition coefficient (Wildman–Crippen LogP) is 5.34. The standard InChI is InChI=1S/C19H16BrClN4O4/c1-12-6-16(2-3-18(12)21)29-17-8-14(7-15(9-17)25(27)28)23-19(26)4-5-24-11-13(20)10-22-24/h2-3,6-11H,4-5H2,1H3,(H,23,26). The van der Waals surface area contributed by atoms with Crippen LogP contribution in [0.25, 0.3) is 0 Å². The number of nitro groups is 1. The Labute approximate surface area is 179 Å². The first kappa shape index (κ1) is 20.8. The van der Waals surface area contributed by atoms with Gasteiger partial charge in [-0.2, -0.15) is 5.10 Å². The molecule has 29 heavy (non-hydrogen) atoms. The number of hydrogen-bond acceptors (Lipinski definition) is 5. The number of aromatic nitrogens is 2. The molecule has 0 unspecified atom stereocenters. The average Bonchev–Trinajstić information content (AvgIpc) is 3.08. The maximum absolute atomic E-state index is 12.2. The van der Waals surface area contributed by atoms with Gasteiger partial charge in [0.1, 0.15) is 11.5 Å². The molecule has 0 saturated heterocycles. The third-order valence-corrected chi connectivity index (χ3v) is 4.75. The van der Waals surface area contributed by atoms with E-state index in [4.69, 9.17) is 16.3 Å². The van der Waals surface area contributed by atoms with E-state index in [2.05, 4.69) is 26.3 Å². The fourth-order valence-corrected chi connectivity index (χ4v) is 2.98. The van der Waals surface area contributed by atoms with Crippen molar-refractivity contribution in [3.8, 4) is 11.5 Å². The van der Waals surface area contributed by atoms with Crippen molar-refractivity contribution in [1.29, 1.82) is 0 Å². The first-order valence-corrected chi connectivity index (χ1v) is 9.68. The van der Waals surface area contributed by atoms with Gasteiger partial charge in [0.15, 0.2) is 0 Å². The highest BCUT2D eigenvalue weighted by Crippen LogP contribution is 2.31. The van der Waals surface area contributed by atoms with Gasteiger partial charge in [-0.1, -0.05) is 11.6 Å². The van der Waals surface area contributed by atoms with Crippen LogP contribution in [0.5, 0.6) is 11.5 Å². The van der Waals surface area contributed by atoms with Crippen LogP contribution in [0.2, 0.25) is 5.02 Å². The number of nitro benzene ring substituents is 1. The van der Waals surface area contributed by atoms with Crippen molar-refractivity contribution in [2.24, 2.45) is 0 Å². The lowest BCUT2D eigenvalue weighted by molar-refractivity contribution is -0.384. The molecule has 0 radical (unpaired) electrons. The Morgan fingerprint density at radius 3 is 2.76 bits per heavy atom. The number of halogens is 2. The molecule has 0 bridgehead atoms. The number of hydrogen-bond donors (Lipinski definition) is 1. The number of amides is 1. The topological polar surface area (TPSA) is 99.3 Å². The van der Waals surface area contributed by atoms with E-state index in [0.717, 1.165) is 10.0 Å². The molecule has 0 aliphatic rings. The van der Waals surface area contributed by atoms with Crippen LogP contribution in [0.1, 0.15) is 12.0 Å². The SMILES string of the molecule is Cc1cc(Oc2cc(NC(=O)CCn3cc(Br)cn3)cc([N+](=O)[O-])c2)ccc1Cl. The molecule has 3 aromatic rings. The third-order valence-electron chi connectivity index (χ3n) is 3.92. The van der Waals surface area contributed by atoms with Gasteiger partial charge in [-0.25, -0.2) is 0 Å². The molecule has 0 aliphatic heterocycles. The van der Waals surface area contributed by atoms with Crippen molar-refractivity contribution < 1.29 is 14.5 Å². The summed E-state index contributed by atoms with van der Waals surface area (Å²) in [5, 5.41) is 18.6. The van der Waals surface area contributed by atoms with Crippen LogP contribution in [0, 0.1) is 17.0 Å². The zero-order chi connectivity index (χ0) is 21.0. The molecule has 0 spiro atoms. The summed E-state index contributed by atoms with van der Waals surface area (Å²) < 4.78 is 8.16. The van der Waals surface area contributed by atoms with E-state index in [1.807, 2.05) is 6.92 Å². The van der Waals surface area contributed by atoms with Crippen molar-refractivity contribution in [1.82, 2.24) is 9.78 Å². The molecule has 0 fully saturated rings. The summed E-state index contributed by atoms with van der Waals surface area (Å²) in [5.74, 6) is 0.409. The van der Waals surface area contributed by atoms with Gasteiger partial charge >= 0.3 is 0 Å². The number of anilines is 1. The molecule has 10 heteroatoms. The molecule has 1 heterocycles. The van der Waals surface area contributed by atoms with E-state index in [9.17, 15) is 14.9 Å². The highest BCUT2D eigenvalue weighted by molar-refractivity contribution is 9.10. The number of aryl methyl sites for hydroxylation is 2. The number of carbonyl (C=O) groups is 1. The largest absolute Gasteiger partial charge is 0.457 e. The Bertz CT molecular complexity index is 1070. The normalized spacial score (nSPS) is 10.6. The Balaban J connectivity index is 1.74. The molecule has 1 amide bonds. The van der Waals surface area contributed by atoms with Gasteiger partial charge in [-0.3, -0.25) is 19.6 Å². The fraction of sp³-hybridized carbons (Fsp3) is 0.158. The lowest BCUT2D eigenvalue weighted by atomic mass is 10.2. The van der Waals surface area contributed by atoms with Gasteiger partial charge in [-0.05, 0) is 46.6 Å². The van der Waals surface area contributed by atoms with Gasteiger partial charge in [-0.15, -0.1) is 0 Å². The summed E-state index contributed by atoms with van der Waals surface area (Å²) in [6, 6.07) is 9.17. The van der Waals surface area contributed by atoms with Crippen molar-refractivity contribution in [3.63, 3.8) is 0 Å². The first-order chi connectivity index (χ1) is 13.8. The van der Waals surface area contributed by atoms with Crippen LogP contribution < -0.4 is 10.1 Å². The van der Waals surface area contributed by atoms with Crippen LogP contribution in [-0.4, -0.2) is 20.6 Å². The Morgan fingerprint density at radius 2 is 2.10 bits per heavy atom. The van der Waals surface area contributed by atoms with Crippen LogP contribution in [0.3, 0.4) is 0 Å². The van der Waals surface area contributed by atoms with Crippen molar-refractivity contribution in [2.45, 2.75) is 19.9 Å². The molecule has 2 aromatic carbocycles. The highest BCUT2D eigenvalue weighted by atomic mass is 79.9. The summed E-state index contributed by atoms with van der Waals surface area (Å²) >= 11 is 9.30. The molecular weight excluding hydrogens is 464 g/mol. The van der Waals surface area contributed by atoms with Gasteiger partial charge in [0, 0.05) is 36.3 Å². The lowest BCUT2D eigenvalue weighted by Crippen LogP contribution is -2.14. The smallest absolute Gasteiger partial charge is 0.275 e. The van der Waals surface area contributed by atoms with Crippen LogP contribution >= 0.6 is 27.5 Å². The Hall–Kier alpha value is -2.91. The first-order valence-electron chi connectivity index (χ1n) is 8.51. The van der Waals surface area contributed by atoms with E-state index < -0.39 is 4.92 Å². The molecule has 0 atom stereocenters. The minimum atomic E-state index is -0.545. The summed E-state index contributed by atoms with van der Waals surface area (Å²) in [6.45, 7) is 2.20. The fourth-order valence-electron chi connectivity index (χ4n) is 2.54. The number of nitrogens with one attached hydrogen (secondary N) is 1. The Morgan fingerprint density at radius 1 is 1.31 bits per heavy atom. The second kappa shape index (κ2) is 9.06. The number of carbonyl (C=O) groups excluding carboxylic acids is 1. The summed E-state index contributed by atoms with van der Waals surface area (Å²) in [6.07, 6.45) is 3.53. The minimum Gasteiger partial charge on any atom is -0.457 e. The Kier molecular flexibility index (Phi) is 6.50. The maximum Gasteiger partial charge on any atom is 0.275 e. The van der Waals surface area contributed by atoms with E-state index in [1.54, 1.807) is 35.3 Å². The molecule has 8 nitrogen and oxygen atoms in total. The van der Waals surface area contributed by atoms with E-state index in [1.165, 1.54) is 18.2 Å². The molecule has 0 saturated carbocycles. The average molecular weight is 480 g/mol. The molecule has 3 rings (SSSR count). The number of benzene rings is 2. The molecule has 1 N–H and O–H groups in total. The van der Waals surface area contributed by atoms with Gasteiger partial charge < -0.3 is 10.1 Å². The number of ether oxygens (including phenoxy) is 1. The monoisotopic (exact) mass is 478 g/mol. The summed E-state index contributed by atoms with van der Waals surface area (Å²) in [7, 11) is 0. The van der Waals surface area contributed by atoms with E-state index in [-0.39, 0.29) is 29.5 Å². The second-order valence-electron chi connectivity index (χ2n) is 6.21. The van der Waals surface area contributed by atoms with Crippen molar-refractivity contribution in [3.05, 3.63) is 74.0 Å². The quantitative estimate of drug-likeness (QED) is 0.364. The highest BCUT2D eigenvalue weighted by Gasteiger charge is 2.14. The molecule has 150 valence electrons. The van der Waals surface area contributed by atoms with Crippen LogP contribution in [-0.2, 0) is 11.3 Å². The second-order valence-corrected chi connectivity index (χ2v) is 7.53. The predicted molar refractivity (Wildman–Crippen MR) is 113 cm³/mol. The van der Waals surface area contributed by atoms with Gasteiger partial charge in [0.25, 0.3) is 5.69 Å². The van der Waals surface area contributed by atoms with Crippen LogP contribution in [0.15, 0.2) is 53.3 Å². The number of non-ortho nitro benzene ring substituents is 1. The van der Waals surface area contributed by atoms with Gasteiger partial charge in [0.05, 0.1) is 27.3 Å². The summed E-state index contributed by atoms with van der Waals surface area (Å²) in [4.78, 5) is 23.0. The lowest BCUT2D eigenvalue weighted by Gasteiger charge is -2.10. The van der Waals surface area contributed by atoms with Gasteiger partial charge in [0.2, 0.25) is 5.91 Å². The third kappa shape index (κ3) is 5.78. The number of rotatable bonds is 7. The zero-order valence-electron chi connectivity index (χ0n) is 15.3. The van der Waals surface area contributed by atoms with E-state index >= 15 is 0 Å². The molecular formula is C19H16BrClN4O4. The molecule has 1 aromatic heterocycles.